The molecule has 0 radical (unpaired) electrons. The van der Waals surface area contributed by atoms with E-state index in [0.717, 1.165) is 5.56 Å². The molecule has 2 aromatic carbocycles. The van der Waals surface area contributed by atoms with E-state index >= 15 is 0 Å². The van der Waals surface area contributed by atoms with E-state index in [9.17, 15) is 9.59 Å². The van der Waals surface area contributed by atoms with Gasteiger partial charge in [0.25, 0.3) is 0 Å². The minimum Gasteiger partial charge on any atom is -0.484 e. The summed E-state index contributed by atoms with van der Waals surface area (Å²) in [5.74, 6) is 0.269. The number of hydrogen-bond donors (Lipinski definition) is 0. The van der Waals surface area contributed by atoms with E-state index in [0.29, 0.717) is 28.2 Å². The highest BCUT2D eigenvalue weighted by molar-refractivity contribution is 6.02. The number of benzene rings is 2. The van der Waals surface area contributed by atoms with E-state index in [1.54, 1.807) is 48.5 Å². The van der Waals surface area contributed by atoms with Gasteiger partial charge in [-0.05, 0) is 42.0 Å². The number of carbonyl (C=O) groups is 2. The monoisotopic (exact) mass is 373 g/mol. The van der Waals surface area contributed by atoms with E-state index in [4.69, 9.17) is 14.4 Å². The van der Waals surface area contributed by atoms with Crippen molar-refractivity contribution in [2.45, 2.75) is 12.5 Å². The fraction of sp³-hybridized carbons (Fsp3) is 0.136. The highest BCUT2D eigenvalue weighted by Crippen LogP contribution is 2.42. The third-order valence-corrected chi connectivity index (χ3v) is 4.62. The average Bonchev–Trinajstić information content (AvgIpc) is 3.23. The topological polar surface area (TPSA) is 89.5 Å². The summed E-state index contributed by atoms with van der Waals surface area (Å²) in [5, 5.41) is 8.95. The van der Waals surface area contributed by atoms with Gasteiger partial charge in [-0.2, -0.15) is 5.26 Å². The maximum absolute atomic E-state index is 12.7. The second-order valence-corrected chi connectivity index (χ2v) is 6.31. The van der Waals surface area contributed by atoms with Crippen LogP contribution < -0.4 is 4.74 Å². The van der Waals surface area contributed by atoms with Crippen molar-refractivity contribution < 1.29 is 23.5 Å². The van der Waals surface area contributed by atoms with E-state index < -0.39 is 12.1 Å². The molecule has 0 saturated heterocycles. The lowest BCUT2D eigenvalue weighted by atomic mass is 9.93. The van der Waals surface area contributed by atoms with Crippen LogP contribution in [-0.4, -0.2) is 18.9 Å². The first-order valence-electron chi connectivity index (χ1n) is 8.62. The molecule has 1 aliphatic heterocycles. The summed E-state index contributed by atoms with van der Waals surface area (Å²) >= 11 is 0. The van der Waals surface area contributed by atoms with Gasteiger partial charge < -0.3 is 13.9 Å². The van der Waals surface area contributed by atoms with Gasteiger partial charge >= 0.3 is 5.97 Å². The van der Waals surface area contributed by atoms with Crippen LogP contribution in [-0.2, 0) is 4.74 Å². The van der Waals surface area contributed by atoms with Gasteiger partial charge in [-0.15, -0.1) is 0 Å². The zero-order valence-electron chi connectivity index (χ0n) is 15.0. The molecule has 1 atom stereocenters. The normalized spacial score (nSPS) is 15.3. The Morgan fingerprint density at radius 3 is 2.57 bits per heavy atom. The summed E-state index contributed by atoms with van der Waals surface area (Å²) in [4.78, 5) is 24.4. The Morgan fingerprint density at radius 1 is 1.11 bits per heavy atom. The average molecular weight is 373 g/mol. The number of carbonyl (C=O) groups excluding carboxylic acids is 2. The minimum absolute atomic E-state index is 0.0443. The standard InChI is InChI=1S/C22H15NO5/c1-26-22(25)19-10-9-18(27-19)16-4-2-3-15-17(24)11-20(28-21(15)16)14-7-5-13(12-23)6-8-14/h2-10,20H,11H2,1H3. The quantitative estimate of drug-likeness (QED) is 0.636. The summed E-state index contributed by atoms with van der Waals surface area (Å²) in [6, 6.07) is 17.4. The van der Waals surface area contributed by atoms with Gasteiger partial charge in [-0.1, -0.05) is 18.2 Å². The maximum atomic E-state index is 12.7. The zero-order valence-corrected chi connectivity index (χ0v) is 15.0. The number of furan rings is 1. The second kappa shape index (κ2) is 7.05. The van der Waals surface area contributed by atoms with Crippen LogP contribution in [0.25, 0.3) is 11.3 Å². The third-order valence-electron chi connectivity index (χ3n) is 4.62. The lowest BCUT2D eigenvalue weighted by molar-refractivity contribution is 0.0565. The van der Waals surface area contributed by atoms with Crippen molar-refractivity contribution in [3.8, 4) is 23.1 Å². The molecule has 0 bridgehead atoms. The molecule has 6 heteroatoms. The summed E-state index contributed by atoms with van der Waals surface area (Å²) < 4.78 is 16.4. The molecule has 6 nitrogen and oxygen atoms in total. The van der Waals surface area contributed by atoms with Crippen LogP contribution in [0.4, 0.5) is 0 Å². The molecule has 0 spiro atoms. The second-order valence-electron chi connectivity index (χ2n) is 6.31. The van der Waals surface area contributed by atoms with Gasteiger partial charge in [0, 0.05) is 0 Å². The van der Waals surface area contributed by atoms with Crippen LogP contribution in [0.3, 0.4) is 0 Å². The van der Waals surface area contributed by atoms with E-state index in [1.807, 2.05) is 0 Å². The van der Waals surface area contributed by atoms with Gasteiger partial charge in [0.2, 0.25) is 5.76 Å². The number of fused-ring (bicyclic) bond motifs is 1. The number of hydrogen-bond acceptors (Lipinski definition) is 6. The fourth-order valence-corrected chi connectivity index (χ4v) is 3.19. The van der Waals surface area contributed by atoms with Crippen molar-refractivity contribution in [2.75, 3.05) is 7.11 Å². The van der Waals surface area contributed by atoms with Gasteiger partial charge in [-0.25, -0.2) is 4.79 Å². The molecule has 3 aromatic rings. The smallest absolute Gasteiger partial charge is 0.373 e. The lowest BCUT2D eigenvalue weighted by Crippen LogP contribution is -2.20. The predicted molar refractivity (Wildman–Crippen MR) is 99.0 cm³/mol. The van der Waals surface area contributed by atoms with Crippen LogP contribution in [0.15, 0.2) is 59.0 Å². The summed E-state index contributed by atoms with van der Waals surface area (Å²) in [5.41, 5.74) is 2.40. The Morgan fingerprint density at radius 2 is 1.86 bits per heavy atom. The largest absolute Gasteiger partial charge is 0.484 e. The molecule has 0 aliphatic carbocycles. The lowest BCUT2D eigenvalue weighted by Gasteiger charge is -2.27. The number of nitriles is 1. The summed E-state index contributed by atoms with van der Waals surface area (Å²) in [7, 11) is 1.28. The van der Waals surface area contributed by atoms with Crippen LogP contribution >= 0.6 is 0 Å². The van der Waals surface area contributed by atoms with Gasteiger partial charge in [0.15, 0.2) is 5.78 Å². The predicted octanol–water partition coefficient (Wildman–Crippen LogP) is 4.31. The number of ketones is 1. The molecule has 0 N–H and O–H groups in total. The van der Waals surface area contributed by atoms with Gasteiger partial charge in [0.05, 0.1) is 36.3 Å². The Labute approximate surface area is 160 Å². The Hall–Kier alpha value is -3.85. The molecular weight excluding hydrogens is 358 g/mol. The number of para-hydroxylation sites is 1. The highest BCUT2D eigenvalue weighted by atomic mass is 16.5. The van der Waals surface area contributed by atoms with Crippen molar-refractivity contribution in [3.05, 3.63) is 77.0 Å². The van der Waals surface area contributed by atoms with Crippen molar-refractivity contribution in [1.82, 2.24) is 0 Å². The van der Waals surface area contributed by atoms with E-state index in [1.165, 1.54) is 13.2 Å². The minimum atomic E-state index is -0.580. The van der Waals surface area contributed by atoms with Crippen molar-refractivity contribution >= 4 is 11.8 Å². The SMILES string of the molecule is COC(=O)c1ccc(-c2cccc3c2OC(c2ccc(C#N)cc2)CC3=O)o1. The third kappa shape index (κ3) is 3.03. The van der Waals surface area contributed by atoms with Crippen LogP contribution in [0.1, 0.15) is 44.6 Å². The number of rotatable bonds is 3. The van der Waals surface area contributed by atoms with Crippen molar-refractivity contribution in [3.63, 3.8) is 0 Å². The maximum Gasteiger partial charge on any atom is 0.373 e. The molecule has 0 fully saturated rings. The number of methoxy groups -OCH3 is 1. The Balaban J connectivity index is 1.73. The summed E-state index contributed by atoms with van der Waals surface area (Å²) in [6.45, 7) is 0. The van der Waals surface area contributed by atoms with Crippen LogP contribution in [0.2, 0.25) is 0 Å². The molecule has 0 amide bonds. The molecule has 1 unspecified atom stereocenters. The number of esters is 1. The Bertz CT molecular complexity index is 1100. The highest BCUT2D eigenvalue weighted by Gasteiger charge is 2.30. The molecule has 1 aromatic heterocycles. The van der Waals surface area contributed by atoms with Crippen molar-refractivity contribution in [1.29, 1.82) is 5.26 Å². The van der Waals surface area contributed by atoms with Gasteiger partial charge in [-0.3, -0.25) is 4.79 Å². The van der Waals surface area contributed by atoms with Crippen LogP contribution in [0.5, 0.6) is 5.75 Å². The molecule has 28 heavy (non-hydrogen) atoms. The number of Topliss-reactive ketones (excluding diaryl/α,β-unsaturated/α-hetero) is 1. The van der Waals surface area contributed by atoms with E-state index in [2.05, 4.69) is 10.8 Å². The Kier molecular flexibility index (Phi) is 4.42. The van der Waals surface area contributed by atoms with E-state index in [-0.39, 0.29) is 18.0 Å². The van der Waals surface area contributed by atoms with Crippen LogP contribution in [0, 0.1) is 11.3 Å². The first kappa shape index (κ1) is 17.6. The zero-order chi connectivity index (χ0) is 19.7. The summed E-state index contributed by atoms with van der Waals surface area (Å²) in [6.07, 6.45) is -0.266. The molecule has 0 saturated carbocycles. The number of ether oxygens (including phenoxy) is 2. The molecule has 4 rings (SSSR count). The molecule has 1 aliphatic rings. The van der Waals surface area contributed by atoms with Gasteiger partial charge in [0.1, 0.15) is 17.6 Å². The molecule has 2 heterocycles. The first-order valence-corrected chi connectivity index (χ1v) is 8.62. The first-order chi connectivity index (χ1) is 13.6. The molecular formula is C22H15NO5. The van der Waals surface area contributed by atoms with Crippen molar-refractivity contribution in [2.24, 2.45) is 0 Å². The molecule has 138 valence electrons. The number of nitrogens with zero attached hydrogens (tertiary/aromatic N) is 1. The fourth-order valence-electron chi connectivity index (χ4n) is 3.19.